The first-order valence-corrected chi connectivity index (χ1v) is 9.27. The predicted octanol–water partition coefficient (Wildman–Crippen LogP) is 3.21. The van der Waals surface area contributed by atoms with Crippen LogP contribution in [0.5, 0.6) is 0 Å². The molecule has 34 heavy (non-hydrogen) atoms. The first-order chi connectivity index (χ1) is 14.8. The zero-order chi connectivity index (χ0) is 27.0. The Kier molecular flexibility index (Phi) is 4.92. The number of ether oxygens (including phenoxy) is 2. The lowest BCUT2D eigenvalue weighted by molar-refractivity contribution is -0.623. The van der Waals surface area contributed by atoms with E-state index in [1.54, 1.807) is 0 Å². The SMILES string of the molecule is O=C(CBr)OCC(=O)OC12C(F)(F)C3(O)C(F)(F)C(F)(C(F)(F)C(F)(C3(F)F)C1(F)F)C2(F)F. The third-order valence-electron chi connectivity index (χ3n) is 6.01. The molecular weight excluding hydrogens is 594 g/mol. The summed E-state index contributed by atoms with van der Waals surface area (Å²) in [7, 11) is 0. The van der Waals surface area contributed by atoms with Gasteiger partial charge in [-0.25, -0.2) is 13.6 Å². The third kappa shape index (κ3) is 1.87. The van der Waals surface area contributed by atoms with Crippen LogP contribution in [0.15, 0.2) is 0 Å². The fourth-order valence-electron chi connectivity index (χ4n) is 4.41. The Labute approximate surface area is 184 Å². The van der Waals surface area contributed by atoms with Gasteiger partial charge >= 0.3 is 64.4 Å². The second kappa shape index (κ2) is 6.20. The Morgan fingerprint density at radius 1 is 0.618 bits per heavy atom. The Hall–Kier alpha value is -1.60. The minimum absolute atomic E-state index is 0.848. The molecule has 4 fully saturated rings. The molecule has 4 bridgehead atoms. The molecule has 1 N–H and O–H groups in total. The van der Waals surface area contributed by atoms with Gasteiger partial charge < -0.3 is 14.6 Å². The van der Waals surface area contributed by atoms with E-state index in [2.05, 4.69) is 25.4 Å². The zero-order valence-electron chi connectivity index (χ0n) is 15.2. The Morgan fingerprint density at radius 2 is 1.00 bits per heavy atom. The van der Waals surface area contributed by atoms with Gasteiger partial charge in [-0.05, 0) is 0 Å². The summed E-state index contributed by atoms with van der Waals surface area (Å²) >= 11 is 2.36. The van der Waals surface area contributed by atoms with Crippen LogP contribution in [0.1, 0.15) is 0 Å². The number of carbonyl (C=O) groups excluding carboxylic acids is 2. The molecule has 4 saturated carbocycles. The molecule has 0 spiro atoms. The molecule has 5 nitrogen and oxygen atoms in total. The van der Waals surface area contributed by atoms with Gasteiger partial charge in [-0.2, -0.15) is 52.7 Å². The summed E-state index contributed by atoms with van der Waals surface area (Å²) < 4.78 is 211. The average Bonchev–Trinajstić information content (AvgIpc) is 2.69. The fraction of sp³-hybridized carbons (Fsp3) is 0.857. The number of esters is 2. The monoisotopic (exact) mass is 598 g/mol. The average molecular weight is 599 g/mol. The van der Waals surface area contributed by atoms with Crippen LogP contribution in [0.4, 0.5) is 61.5 Å². The molecule has 0 aromatic heterocycles. The molecule has 2 unspecified atom stereocenters. The van der Waals surface area contributed by atoms with E-state index in [9.17, 15) is 76.2 Å². The quantitative estimate of drug-likeness (QED) is 0.306. The molecule has 20 heteroatoms. The summed E-state index contributed by atoms with van der Waals surface area (Å²) in [6, 6.07) is 0. The Balaban J connectivity index is 2.46. The maximum atomic E-state index is 14.9. The first kappa shape index (κ1) is 27.0. The van der Waals surface area contributed by atoms with Crippen LogP contribution < -0.4 is 0 Å². The minimum atomic E-state index is -7.90. The van der Waals surface area contributed by atoms with Gasteiger partial charge in [0.05, 0.1) is 0 Å². The largest absolute Gasteiger partial charge is 0.453 e. The van der Waals surface area contributed by atoms with Gasteiger partial charge in [0.15, 0.2) is 6.61 Å². The summed E-state index contributed by atoms with van der Waals surface area (Å²) in [4.78, 5) is 22.5. The highest BCUT2D eigenvalue weighted by Crippen LogP contribution is 2.87. The third-order valence-corrected chi connectivity index (χ3v) is 6.47. The number of alkyl halides is 15. The summed E-state index contributed by atoms with van der Waals surface area (Å²) in [5.74, 6) is -51.3. The predicted molar refractivity (Wildman–Crippen MR) is 75.9 cm³/mol. The van der Waals surface area contributed by atoms with Crippen molar-refractivity contribution in [1.29, 1.82) is 0 Å². The van der Waals surface area contributed by atoms with E-state index >= 15 is 0 Å². The van der Waals surface area contributed by atoms with Crippen LogP contribution in [0, 0.1) is 0 Å². The number of halogens is 15. The van der Waals surface area contributed by atoms with Gasteiger partial charge in [0, 0.05) is 0 Å². The molecule has 4 aliphatic rings. The maximum Gasteiger partial charge on any atom is 0.345 e. The van der Waals surface area contributed by atoms with Crippen LogP contribution in [-0.2, 0) is 19.1 Å². The lowest BCUT2D eigenvalue weighted by atomic mass is 9.39. The van der Waals surface area contributed by atoms with Crippen molar-refractivity contribution >= 4 is 27.9 Å². The molecule has 196 valence electrons. The molecule has 0 aromatic carbocycles. The topological polar surface area (TPSA) is 72.8 Å². The van der Waals surface area contributed by atoms with Crippen LogP contribution in [-0.4, -0.2) is 87.1 Å². The van der Waals surface area contributed by atoms with E-state index in [-0.39, 0.29) is 0 Å². The summed E-state index contributed by atoms with van der Waals surface area (Å²) in [6.45, 7) is -2.26. The van der Waals surface area contributed by atoms with Crippen LogP contribution in [0.2, 0.25) is 0 Å². The van der Waals surface area contributed by atoms with Crippen LogP contribution in [0.25, 0.3) is 0 Å². The number of hydrogen-bond acceptors (Lipinski definition) is 5. The highest BCUT2D eigenvalue weighted by molar-refractivity contribution is 9.09. The van der Waals surface area contributed by atoms with E-state index in [1.807, 2.05) is 0 Å². The molecule has 0 heterocycles. The van der Waals surface area contributed by atoms with Gasteiger partial charge in [0.2, 0.25) is 0 Å². The van der Waals surface area contributed by atoms with E-state index < -0.39 is 82.0 Å². The second-order valence-electron chi connectivity index (χ2n) is 7.42. The molecule has 0 aliphatic heterocycles. The Morgan fingerprint density at radius 3 is 1.35 bits per heavy atom. The van der Waals surface area contributed by atoms with Crippen molar-refractivity contribution < 1.29 is 85.6 Å². The molecule has 0 aromatic rings. The van der Waals surface area contributed by atoms with Gasteiger partial charge in [-0.3, -0.25) is 4.79 Å². The van der Waals surface area contributed by atoms with E-state index in [0.29, 0.717) is 0 Å². The van der Waals surface area contributed by atoms with Crippen LogP contribution >= 0.6 is 15.9 Å². The molecule has 2 atom stereocenters. The van der Waals surface area contributed by atoms with Crippen molar-refractivity contribution in [3.63, 3.8) is 0 Å². The molecule has 0 saturated heterocycles. The molecular formula is C14H5BrF14O5. The number of carbonyl (C=O) groups is 2. The van der Waals surface area contributed by atoms with Gasteiger partial charge in [-0.15, -0.1) is 0 Å². The number of hydrogen-bond donors (Lipinski definition) is 1. The summed E-state index contributed by atoms with van der Waals surface area (Å²) in [5, 5.41) is 8.59. The molecule has 0 amide bonds. The standard InChI is InChI=1S/C14H5BrF14O5/c15-1-3(30)33-2-4(31)34-8-12(24,25)5(16)9(18,19)6(17,13(8,26)27)11(22,23)7(32,10(5,20)21)14(8,28)29/h32H,1-2H2. The van der Waals surface area contributed by atoms with Crippen molar-refractivity contribution in [2.45, 2.75) is 58.1 Å². The number of aliphatic hydroxyl groups is 1. The number of rotatable bonds is 4. The zero-order valence-corrected chi connectivity index (χ0v) is 16.7. The van der Waals surface area contributed by atoms with Crippen molar-refractivity contribution in [3.05, 3.63) is 0 Å². The van der Waals surface area contributed by atoms with Crippen molar-refractivity contribution in [2.75, 3.05) is 11.9 Å². The normalized spacial score (nSPS) is 43.3. The minimum Gasteiger partial charge on any atom is -0.453 e. The fourth-order valence-corrected chi connectivity index (χ4v) is 4.57. The second-order valence-corrected chi connectivity index (χ2v) is 7.98. The smallest absolute Gasteiger partial charge is 0.345 e. The van der Waals surface area contributed by atoms with E-state index in [0.717, 1.165) is 0 Å². The van der Waals surface area contributed by atoms with Gasteiger partial charge in [-0.1, -0.05) is 15.9 Å². The van der Waals surface area contributed by atoms with Crippen molar-refractivity contribution in [2.24, 2.45) is 0 Å². The van der Waals surface area contributed by atoms with Crippen LogP contribution in [0.3, 0.4) is 0 Å². The first-order valence-electron chi connectivity index (χ1n) is 8.15. The summed E-state index contributed by atoms with van der Waals surface area (Å²) in [6.07, 6.45) is 0. The molecule has 0 radical (unpaired) electrons. The Bertz CT molecular complexity index is 853. The van der Waals surface area contributed by atoms with Gasteiger partial charge in [0.1, 0.15) is 5.33 Å². The van der Waals surface area contributed by atoms with Crippen molar-refractivity contribution in [3.8, 4) is 0 Å². The van der Waals surface area contributed by atoms with E-state index in [1.165, 1.54) is 0 Å². The molecule has 4 rings (SSSR count). The van der Waals surface area contributed by atoms with E-state index in [4.69, 9.17) is 0 Å². The lowest BCUT2D eigenvalue weighted by Gasteiger charge is -2.74. The molecule has 4 aliphatic carbocycles. The van der Waals surface area contributed by atoms with Crippen molar-refractivity contribution in [1.82, 2.24) is 0 Å². The highest BCUT2D eigenvalue weighted by Gasteiger charge is 3.23. The van der Waals surface area contributed by atoms with Gasteiger partial charge in [0.25, 0.3) is 5.60 Å². The highest BCUT2D eigenvalue weighted by atomic mass is 79.9. The summed E-state index contributed by atoms with van der Waals surface area (Å²) in [5.41, 5.74) is -30.1. The lowest BCUT2D eigenvalue weighted by Crippen LogP contribution is -3.10. The maximum absolute atomic E-state index is 14.9.